The molecule has 0 aliphatic rings. The fourth-order valence-electron chi connectivity index (χ4n) is 5.11. The van der Waals surface area contributed by atoms with Gasteiger partial charge in [-0.1, -0.05) is 96.1 Å². The van der Waals surface area contributed by atoms with Gasteiger partial charge in [-0.2, -0.15) is 8.42 Å². The van der Waals surface area contributed by atoms with Gasteiger partial charge in [0.2, 0.25) is 0 Å². The van der Waals surface area contributed by atoms with E-state index in [4.69, 9.17) is 23.9 Å². The number of rotatable bonds is 18. The smallest absolute Gasteiger partial charge is 0.267 e. The number of ether oxygens (including phenoxy) is 3. The summed E-state index contributed by atoms with van der Waals surface area (Å²) >= 11 is 0. The summed E-state index contributed by atoms with van der Waals surface area (Å²) in [6.07, 6.45) is 1.61. The van der Waals surface area contributed by atoms with Crippen LogP contribution in [0.2, 0.25) is 0 Å². The second-order valence-corrected chi connectivity index (χ2v) is 13.7. The highest BCUT2D eigenvalue weighted by molar-refractivity contribution is 7.86. The molecule has 0 aliphatic carbocycles. The molecule has 0 bridgehead atoms. The third kappa shape index (κ3) is 14.9. The molecule has 6 aromatic carbocycles. The van der Waals surface area contributed by atoms with Crippen LogP contribution in [0, 0.1) is 0 Å². The van der Waals surface area contributed by atoms with Crippen molar-refractivity contribution < 1.29 is 35.6 Å². The van der Waals surface area contributed by atoms with E-state index in [0.29, 0.717) is 39.1 Å². The fourth-order valence-corrected chi connectivity index (χ4v) is 6.08. The first-order valence-corrected chi connectivity index (χ1v) is 19.3. The molecular formula is C42H45F2N3O6S. The third-order valence-corrected chi connectivity index (χ3v) is 9.11. The molecule has 0 heterocycles. The standard InChI is InChI=1S/C16H19N3O4S.2C13H13FO/c17-19-18-9-3-12-24(20,21)23-11-4-10-22-16-8-7-14-5-1-2-6-15(14)13-16;2*14-8-3-9-15-13-7-6-11-4-1-2-5-12(11)10-13/h1-2,5-8,13H,3-4,9-12H2;2*1-2,4-7,10H,3,8-9H2/i;2*14-1. The van der Waals surface area contributed by atoms with Crippen molar-refractivity contribution in [2.24, 2.45) is 5.11 Å². The van der Waals surface area contributed by atoms with Crippen LogP contribution >= 0.6 is 0 Å². The number of benzene rings is 6. The molecule has 0 aliphatic heterocycles. The van der Waals surface area contributed by atoms with Gasteiger partial charge in [-0.25, -0.2) is 0 Å². The minimum Gasteiger partial charge on any atom is -0.493 e. The van der Waals surface area contributed by atoms with E-state index in [-0.39, 0.29) is 38.7 Å². The van der Waals surface area contributed by atoms with Crippen LogP contribution in [0.1, 0.15) is 25.7 Å². The molecular weight excluding hydrogens is 711 g/mol. The maximum Gasteiger partial charge on any atom is 0.267 e. The Morgan fingerprint density at radius 1 is 0.519 bits per heavy atom. The molecule has 284 valence electrons. The second kappa shape index (κ2) is 23.3. The van der Waals surface area contributed by atoms with E-state index in [1.165, 1.54) is 10.8 Å². The molecule has 0 aromatic heterocycles. The molecule has 0 fully saturated rings. The molecule has 0 spiro atoms. The van der Waals surface area contributed by atoms with Crippen LogP contribution in [-0.4, -0.2) is 60.5 Å². The summed E-state index contributed by atoms with van der Waals surface area (Å²) in [5.74, 6) is 2.20. The van der Waals surface area contributed by atoms with E-state index in [2.05, 4.69) is 22.2 Å². The normalized spacial score (nSPS) is 10.8. The van der Waals surface area contributed by atoms with Crippen molar-refractivity contribution in [3.05, 3.63) is 138 Å². The van der Waals surface area contributed by atoms with Gasteiger partial charge in [-0.3, -0.25) is 13.0 Å². The van der Waals surface area contributed by atoms with E-state index in [1.54, 1.807) is 0 Å². The molecule has 0 unspecified atom stereocenters. The zero-order chi connectivity index (χ0) is 38.3. The number of halogens is 2. The molecule has 9 nitrogen and oxygen atoms in total. The van der Waals surface area contributed by atoms with Crippen molar-refractivity contribution in [1.82, 2.24) is 0 Å². The summed E-state index contributed by atoms with van der Waals surface area (Å²) in [4.78, 5) is 2.56. The molecule has 54 heavy (non-hydrogen) atoms. The predicted molar refractivity (Wildman–Crippen MR) is 212 cm³/mol. The summed E-state index contributed by atoms with van der Waals surface area (Å²) in [6.45, 7) is 0.805. The van der Waals surface area contributed by atoms with Crippen molar-refractivity contribution in [2.45, 2.75) is 25.7 Å². The maximum absolute atomic E-state index is 11.9. The Kier molecular flexibility index (Phi) is 17.8. The molecule has 12 heteroatoms. The van der Waals surface area contributed by atoms with E-state index >= 15 is 0 Å². The monoisotopic (exact) mass is 755 g/mol. The summed E-state index contributed by atoms with van der Waals surface area (Å²) in [7, 11) is -3.57. The minimum absolute atomic E-state index is 0.0669. The number of azide groups is 1. The van der Waals surface area contributed by atoms with E-state index in [1.807, 2.05) is 115 Å². The highest BCUT2D eigenvalue weighted by atomic mass is 32.2. The molecule has 0 N–H and O–H groups in total. The van der Waals surface area contributed by atoms with Crippen molar-refractivity contribution >= 4 is 42.4 Å². The number of nitrogens with zero attached hydrogens (tertiary/aromatic N) is 3. The molecule has 0 saturated heterocycles. The largest absolute Gasteiger partial charge is 0.493 e. The highest BCUT2D eigenvalue weighted by Crippen LogP contribution is 2.22. The summed E-state index contributed by atoms with van der Waals surface area (Å²) in [5, 5.41) is 10.2. The molecule has 0 atom stereocenters. The van der Waals surface area contributed by atoms with Gasteiger partial charge in [-0.05, 0) is 80.7 Å². The van der Waals surface area contributed by atoms with Crippen molar-refractivity contribution in [1.29, 1.82) is 0 Å². The lowest BCUT2D eigenvalue weighted by atomic mass is 10.1. The third-order valence-electron chi connectivity index (χ3n) is 7.79. The van der Waals surface area contributed by atoms with Crippen LogP contribution in [0.25, 0.3) is 42.8 Å². The Bertz CT molecular complexity index is 2100. The van der Waals surface area contributed by atoms with Gasteiger partial charge in [-0.15, -0.1) is 0 Å². The lowest BCUT2D eigenvalue weighted by Gasteiger charge is -2.08. The number of hydrogen-bond donors (Lipinski definition) is 0. The van der Waals surface area contributed by atoms with Crippen molar-refractivity contribution in [3.8, 4) is 17.2 Å². The zero-order valence-electron chi connectivity index (χ0n) is 30.1. The molecule has 0 radical (unpaired) electrons. The first-order chi connectivity index (χ1) is 26.4. The SMILES string of the molecule is [18F]CCCOc1ccc2ccccc2c1.[18F]CCCOc1ccc2ccccc2c1.[N-]=[N+]=NCCCS(=O)(=O)OCCCOc1ccc2ccccc2c1. The molecule has 0 amide bonds. The fraction of sp³-hybridized carbons (Fsp3) is 0.286. The van der Waals surface area contributed by atoms with Gasteiger partial charge in [0.25, 0.3) is 10.1 Å². The Balaban J connectivity index is 0.000000189. The highest BCUT2D eigenvalue weighted by Gasteiger charge is 2.10. The predicted octanol–water partition coefficient (Wildman–Crippen LogP) is 10.8. The first-order valence-electron chi connectivity index (χ1n) is 17.8. The van der Waals surface area contributed by atoms with Gasteiger partial charge < -0.3 is 14.2 Å². The van der Waals surface area contributed by atoms with Gasteiger partial charge in [0.15, 0.2) is 0 Å². The number of fused-ring (bicyclic) bond motifs is 3. The van der Waals surface area contributed by atoms with E-state index in [0.717, 1.165) is 38.8 Å². The number of hydrogen-bond acceptors (Lipinski definition) is 7. The Hall–Kier alpha value is -5.42. The van der Waals surface area contributed by atoms with E-state index < -0.39 is 10.1 Å². The van der Waals surface area contributed by atoms with Crippen molar-refractivity contribution in [2.75, 3.05) is 52.1 Å². The molecule has 0 saturated carbocycles. The van der Waals surface area contributed by atoms with Gasteiger partial charge in [0.05, 0.1) is 45.5 Å². The lowest BCUT2D eigenvalue weighted by Crippen LogP contribution is -2.13. The number of alkyl halides is 2. The maximum atomic E-state index is 11.9. The first kappa shape index (κ1) is 41.3. The van der Waals surface area contributed by atoms with E-state index in [9.17, 15) is 17.2 Å². The summed E-state index contributed by atoms with van der Waals surface area (Å²) < 4.78 is 68.2. The van der Waals surface area contributed by atoms with Crippen molar-refractivity contribution in [3.63, 3.8) is 0 Å². The van der Waals surface area contributed by atoms with Crippen LogP contribution in [0.5, 0.6) is 17.2 Å². The zero-order valence-corrected chi connectivity index (χ0v) is 30.9. The van der Waals surface area contributed by atoms with Gasteiger partial charge in [0, 0.05) is 30.7 Å². The van der Waals surface area contributed by atoms with Crippen LogP contribution in [0.15, 0.2) is 133 Å². The Labute approximate surface area is 315 Å². The minimum atomic E-state index is -3.57. The second-order valence-electron chi connectivity index (χ2n) is 11.9. The van der Waals surface area contributed by atoms with Crippen LogP contribution in [0.3, 0.4) is 0 Å². The Morgan fingerprint density at radius 2 is 0.907 bits per heavy atom. The van der Waals surface area contributed by atoms with Gasteiger partial charge in [0.1, 0.15) is 17.2 Å². The van der Waals surface area contributed by atoms with Crippen LogP contribution < -0.4 is 14.2 Å². The van der Waals surface area contributed by atoms with Gasteiger partial charge >= 0.3 is 0 Å². The summed E-state index contributed by atoms with van der Waals surface area (Å²) in [5.41, 5.74) is 8.11. The quantitative estimate of drug-likeness (QED) is 0.0283. The van der Waals surface area contributed by atoms with Crippen LogP contribution in [-0.2, 0) is 14.3 Å². The average Bonchev–Trinajstić information content (AvgIpc) is 3.20. The topological polar surface area (TPSA) is 120 Å². The van der Waals surface area contributed by atoms with Crippen LogP contribution in [0.4, 0.5) is 8.78 Å². The molecule has 6 aromatic rings. The summed E-state index contributed by atoms with van der Waals surface area (Å²) in [6, 6.07) is 41.8. The average molecular weight is 756 g/mol. The lowest BCUT2D eigenvalue weighted by molar-refractivity contribution is 0.251. The Morgan fingerprint density at radius 3 is 1.30 bits per heavy atom. The molecule has 6 rings (SSSR count).